The zero-order chi connectivity index (χ0) is 14.4. The molecule has 0 heterocycles. The monoisotopic (exact) mass is 271 g/mol. The molecule has 0 aromatic heterocycles. The number of carbonyl (C=O) groups is 1. The van der Waals surface area contributed by atoms with Gasteiger partial charge < -0.3 is 15.2 Å². The zero-order valence-corrected chi connectivity index (χ0v) is 11.3. The number of ether oxygens (including phenoxy) is 2. The zero-order valence-electron chi connectivity index (χ0n) is 11.3. The summed E-state index contributed by atoms with van der Waals surface area (Å²) in [5, 5.41) is 0. The van der Waals surface area contributed by atoms with E-state index in [0.29, 0.717) is 24.5 Å². The molecule has 0 atom stereocenters. The van der Waals surface area contributed by atoms with Crippen LogP contribution >= 0.6 is 0 Å². The number of esters is 1. The Morgan fingerprint density at radius 1 is 1.10 bits per heavy atom. The lowest BCUT2D eigenvalue weighted by molar-refractivity contribution is 0.0526. The summed E-state index contributed by atoms with van der Waals surface area (Å²) in [5.41, 5.74) is 7.10. The molecule has 2 aromatic rings. The summed E-state index contributed by atoms with van der Waals surface area (Å²) in [5.74, 6) is 1.04. The van der Waals surface area contributed by atoms with Crippen molar-refractivity contribution in [2.75, 3.05) is 6.61 Å². The minimum Gasteiger partial charge on any atom is -0.462 e. The molecule has 20 heavy (non-hydrogen) atoms. The first kappa shape index (κ1) is 14.1. The van der Waals surface area contributed by atoms with Gasteiger partial charge in [0.15, 0.2) is 0 Å². The van der Waals surface area contributed by atoms with Crippen molar-refractivity contribution in [3.63, 3.8) is 0 Å². The molecule has 2 aromatic carbocycles. The maximum absolute atomic E-state index is 11.5. The fourth-order valence-electron chi connectivity index (χ4n) is 1.77. The normalized spacial score (nSPS) is 10.1. The fraction of sp³-hybridized carbons (Fsp3) is 0.188. The Morgan fingerprint density at radius 3 is 2.45 bits per heavy atom. The number of rotatable bonds is 5. The molecule has 0 radical (unpaired) electrons. The van der Waals surface area contributed by atoms with Crippen LogP contribution in [0.15, 0.2) is 48.5 Å². The second-order valence-electron chi connectivity index (χ2n) is 4.16. The highest BCUT2D eigenvalue weighted by Gasteiger charge is 2.07. The molecule has 4 heteroatoms. The van der Waals surface area contributed by atoms with Crippen molar-refractivity contribution in [1.82, 2.24) is 0 Å². The molecule has 0 unspecified atom stereocenters. The summed E-state index contributed by atoms with van der Waals surface area (Å²) in [6.07, 6.45) is 0. The number of nitrogens with two attached hydrogens (primary N) is 1. The quantitative estimate of drug-likeness (QED) is 0.849. The number of benzene rings is 2. The summed E-state index contributed by atoms with van der Waals surface area (Å²) in [7, 11) is 0. The largest absolute Gasteiger partial charge is 0.462 e. The SMILES string of the molecule is CCOC(=O)c1ccc(Oc2ccccc2CN)cc1. The standard InChI is InChI=1S/C16H17NO3/c1-2-19-16(18)12-7-9-14(10-8-12)20-15-6-4-3-5-13(15)11-17/h3-10H,2,11,17H2,1H3. The Kier molecular flexibility index (Phi) is 4.74. The molecule has 0 aliphatic carbocycles. The lowest BCUT2D eigenvalue weighted by atomic mass is 10.2. The van der Waals surface area contributed by atoms with E-state index in [4.69, 9.17) is 15.2 Å². The molecular weight excluding hydrogens is 254 g/mol. The molecule has 2 N–H and O–H groups in total. The summed E-state index contributed by atoms with van der Waals surface area (Å²) in [4.78, 5) is 11.5. The van der Waals surface area contributed by atoms with Gasteiger partial charge in [0.1, 0.15) is 11.5 Å². The second kappa shape index (κ2) is 6.73. The first-order chi connectivity index (χ1) is 9.74. The van der Waals surface area contributed by atoms with Crippen molar-refractivity contribution in [2.24, 2.45) is 5.73 Å². The average Bonchev–Trinajstić information content (AvgIpc) is 2.49. The Morgan fingerprint density at radius 2 is 1.80 bits per heavy atom. The van der Waals surface area contributed by atoms with Crippen molar-refractivity contribution < 1.29 is 14.3 Å². The molecule has 2 rings (SSSR count). The molecule has 0 spiro atoms. The van der Waals surface area contributed by atoms with Crippen LogP contribution in [0.5, 0.6) is 11.5 Å². The predicted octanol–water partition coefficient (Wildman–Crippen LogP) is 3.11. The molecule has 104 valence electrons. The maximum atomic E-state index is 11.5. The van der Waals surface area contributed by atoms with Gasteiger partial charge in [-0.25, -0.2) is 4.79 Å². The highest BCUT2D eigenvalue weighted by molar-refractivity contribution is 5.89. The van der Waals surface area contributed by atoms with Gasteiger partial charge in [-0.15, -0.1) is 0 Å². The number of hydrogen-bond acceptors (Lipinski definition) is 4. The van der Waals surface area contributed by atoms with Crippen LogP contribution in [-0.2, 0) is 11.3 Å². The third-order valence-electron chi connectivity index (χ3n) is 2.79. The van der Waals surface area contributed by atoms with Gasteiger partial charge >= 0.3 is 5.97 Å². The number of para-hydroxylation sites is 1. The molecule has 0 saturated heterocycles. The minimum absolute atomic E-state index is 0.332. The summed E-state index contributed by atoms with van der Waals surface area (Å²) in [6, 6.07) is 14.4. The summed E-state index contributed by atoms with van der Waals surface area (Å²) < 4.78 is 10.7. The molecule has 0 aliphatic rings. The molecule has 0 aliphatic heterocycles. The van der Waals surface area contributed by atoms with Crippen LogP contribution in [0.25, 0.3) is 0 Å². The number of hydrogen-bond donors (Lipinski definition) is 1. The van der Waals surface area contributed by atoms with Crippen LogP contribution in [0.3, 0.4) is 0 Å². The van der Waals surface area contributed by atoms with E-state index in [1.165, 1.54) is 0 Å². The van der Waals surface area contributed by atoms with E-state index in [1.54, 1.807) is 31.2 Å². The van der Waals surface area contributed by atoms with E-state index in [9.17, 15) is 4.79 Å². The highest BCUT2D eigenvalue weighted by atomic mass is 16.5. The van der Waals surface area contributed by atoms with Gasteiger partial charge in [-0.2, -0.15) is 0 Å². The van der Waals surface area contributed by atoms with Crippen LogP contribution in [0, 0.1) is 0 Å². The molecule has 4 nitrogen and oxygen atoms in total. The first-order valence-corrected chi connectivity index (χ1v) is 6.47. The lowest BCUT2D eigenvalue weighted by Crippen LogP contribution is -2.04. The van der Waals surface area contributed by atoms with E-state index in [-0.39, 0.29) is 5.97 Å². The fourth-order valence-corrected chi connectivity index (χ4v) is 1.77. The van der Waals surface area contributed by atoms with E-state index in [2.05, 4.69) is 0 Å². The van der Waals surface area contributed by atoms with E-state index in [0.717, 1.165) is 11.3 Å². The van der Waals surface area contributed by atoms with Crippen molar-refractivity contribution >= 4 is 5.97 Å². The smallest absolute Gasteiger partial charge is 0.338 e. The van der Waals surface area contributed by atoms with Gasteiger partial charge in [0.05, 0.1) is 12.2 Å². The van der Waals surface area contributed by atoms with Crippen molar-refractivity contribution in [1.29, 1.82) is 0 Å². The first-order valence-electron chi connectivity index (χ1n) is 6.47. The van der Waals surface area contributed by atoms with E-state index < -0.39 is 0 Å². The van der Waals surface area contributed by atoms with Crippen LogP contribution < -0.4 is 10.5 Å². The van der Waals surface area contributed by atoms with Crippen LogP contribution in [0.1, 0.15) is 22.8 Å². The molecule has 0 bridgehead atoms. The van der Waals surface area contributed by atoms with Gasteiger partial charge in [-0.1, -0.05) is 18.2 Å². The number of carbonyl (C=O) groups excluding carboxylic acids is 1. The maximum Gasteiger partial charge on any atom is 0.338 e. The third kappa shape index (κ3) is 3.36. The van der Waals surface area contributed by atoms with Crippen LogP contribution in [0.2, 0.25) is 0 Å². The highest BCUT2D eigenvalue weighted by Crippen LogP contribution is 2.25. The van der Waals surface area contributed by atoms with Gasteiger partial charge in [-0.3, -0.25) is 0 Å². The average molecular weight is 271 g/mol. The molecule has 0 amide bonds. The van der Waals surface area contributed by atoms with Crippen LogP contribution in [-0.4, -0.2) is 12.6 Å². The predicted molar refractivity (Wildman–Crippen MR) is 76.8 cm³/mol. The Bertz CT molecular complexity index is 579. The Labute approximate surface area is 118 Å². The summed E-state index contributed by atoms with van der Waals surface area (Å²) >= 11 is 0. The third-order valence-corrected chi connectivity index (χ3v) is 2.79. The van der Waals surface area contributed by atoms with Crippen LogP contribution in [0.4, 0.5) is 0 Å². The van der Waals surface area contributed by atoms with E-state index in [1.807, 2.05) is 24.3 Å². The van der Waals surface area contributed by atoms with Crippen molar-refractivity contribution in [3.05, 3.63) is 59.7 Å². The van der Waals surface area contributed by atoms with E-state index >= 15 is 0 Å². The Hall–Kier alpha value is -2.33. The van der Waals surface area contributed by atoms with Gasteiger partial charge in [0, 0.05) is 12.1 Å². The molecular formula is C16H17NO3. The van der Waals surface area contributed by atoms with Gasteiger partial charge in [0.2, 0.25) is 0 Å². The van der Waals surface area contributed by atoms with Gasteiger partial charge in [-0.05, 0) is 37.3 Å². The Balaban J connectivity index is 2.13. The van der Waals surface area contributed by atoms with Gasteiger partial charge in [0.25, 0.3) is 0 Å². The van der Waals surface area contributed by atoms with Crippen molar-refractivity contribution in [3.8, 4) is 11.5 Å². The molecule has 0 fully saturated rings. The topological polar surface area (TPSA) is 61.5 Å². The lowest BCUT2D eigenvalue weighted by Gasteiger charge is -2.10. The summed E-state index contributed by atoms with van der Waals surface area (Å²) in [6.45, 7) is 2.55. The van der Waals surface area contributed by atoms with Crippen molar-refractivity contribution in [2.45, 2.75) is 13.5 Å². The minimum atomic E-state index is -0.332. The second-order valence-corrected chi connectivity index (χ2v) is 4.16. The molecule has 0 saturated carbocycles.